The summed E-state index contributed by atoms with van der Waals surface area (Å²) in [6.07, 6.45) is 10.4. The molecule has 5 nitrogen and oxygen atoms in total. The number of likely N-dealkylation sites (tertiary alicyclic amines) is 1. The van der Waals surface area contributed by atoms with E-state index < -0.39 is 0 Å². The van der Waals surface area contributed by atoms with Gasteiger partial charge in [0, 0.05) is 43.5 Å². The first kappa shape index (κ1) is 21.7. The molecule has 5 rings (SSSR count). The molecule has 2 N–H and O–H groups in total. The summed E-state index contributed by atoms with van der Waals surface area (Å²) in [5.74, 6) is 1.89. The van der Waals surface area contributed by atoms with Gasteiger partial charge in [-0.2, -0.15) is 0 Å². The summed E-state index contributed by atoms with van der Waals surface area (Å²) in [7, 11) is 1.86. The van der Waals surface area contributed by atoms with E-state index in [4.69, 9.17) is 9.15 Å². The average Bonchev–Trinajstić information content (AvgIpc) is 3.25. The Morgan fingerprint density at radius 3 is 2.66 bits per heavy atom. The number of ether oxygens (including phenoxy) is 1. The van der Waals surface area contributed by atoms with E-state index in [1.54, 1.807) is 0 Å². The number of hydrogen-bond donors (Lipinski definition) is 2. The van der Waals surface area contributed by atoms with Crippen LogP contribution in [0.5, 0.6) is 0 Å². The second-order valence-corrected chi connectivity index (χ2v) is 9.81. The molecule has 1 aromatic heterocycles. The van der Waals surface area contributed by atoms with Crippen LogP contribution in [0.3, 0.4) is 0 Å². The van der Waals surface area contributed by atoms with E-state index in [2.05, 4.69) is 58.9 Å². The number of piperidine rings is 1. The minimum Gasteiger partial charge on any atom is -0.462 e. The molecular weight excluding hydrogens is 398 g/mol. The Kier molecular flexibility index (Phi) is 6.40. The molecule has 0 spiro atoms. The zero-order valence-corrected chi connectivity index (χ0v) is 19.7. The van der Waals surface area contributed by atoms with Crippen LogP contribution in [-0.4, -0.2) is 49.5 Å². The lowest BCUT2D eigenvalue weighted by Gasteiger charge is -2.45. The van der Waals surface area contributed by atoms with Crippen molar-refractivity contribution in [2.45, 2.75) is 76.7 Å². The second kappa shape index (κ2) is 9.42. The van der Waals surface area contributed by atoms with E-state index in [-0.39, 0.29) is 12.3 Å². The molecule has 172 valence electrons. The summed E-state index contributed by atoms with van der Waals surface area (Å²) >= 11 is 0. The minimum atomic E-state index is 0.0732. The highest BCUT2D eigenvalue weighted by molar-refractivity contribution is 5.91. The molecule has 1 saturated carbocycles. The first-order chi connectivity index (χ1) is 15.6. The Morgan fingerprint density at radius 2 is 1.91 bits per heavy atom. The number of aryl methyl sites for hydroxylation is 2. The molecule has 3 heterocycles. The number of furan rings is 1. The molecule has 1 aliphatic carbocycles. The minimum absolute atomic E-state index is 0.0732. The van der Waals surface area contributed by atoms with Crippen LogP contribution in [0.1, 0.15) is 61.2 Å². The average molecular weight is 436 g/mol. The third-order valence-electron chi connectivity index (χ3n) is 7.44. The number of hydrogen-bond acceptors (Lipinski definition) is 5. The molecule has 1 unspecified atom stereocenters. The van der Waals surface area contributed by atoms with Crippen LogP contribution >= 0.6 is 0 Å². The first-order valence-corrected chi connectivity index (χ1v) is 12.3. The van der Waals surface area contributed by atoms with Crippen molar-refractivity contribution in [2.75, 3.05) is 25.5 Å². The molecule has 0 radical (unpaired) electrons. The predicted octanol–water partition coefficient (Wildman–Crippen LogP) is 5.20. The van der Waals surface area contributed by atoms with Gasteiger partial charge in [0.15, 0.2) is 0 Å². The lowest BCUT2D eigenvalue weighted by molar-refractivity contribution is -0.00301. The molecule has 32 heavy (non-hydrogen) atoms. The van der Waals surface area contributed by atoms with Crippen molar-refractivity contribution in [3.8, 4) is 0 Å². The fourth-order valence-electron chi connectivity index (χ4n) is 5.66. The van der Waals surface area contributed by atoms with Gasteiger partial charge in [0.2, 0.25) is 0 Å². The number of benzene rings is 1. The Labute approximate surface area is 192 Å². The first-order valence-electron chi connectivity index (χ1n) is 12.3. The van der Waals surface area contributed by atoms with Gasteiger partial charge in [0.25, 0.3) is 0 Å². The maximum absolute atomic E-state index is 6.09. The Bertz CT molecular complexity index is 960. The van der Waals surface area contributed by atoms with Crippen LogP contribution in [0.2, 0.25) is 0 Å². The summed E-state index contributed by atoms with van der Waals surface area (Å²) < 4.78 is 12.1. The third-order valence-corrected chi connectivity index (χ3v) is 7.44. The smallest absolute Gasteiger partial charge is 0.133 e. The van der Waals surface area contributed by atoms with Gasteiger partial charge in [-0.3, -0.25) is 4.90 Å². The summed E-state index contributed by atoms with van der Waals surface area (Å²) in [5.41, 5.74) is 4.88. The summed E-state index contributed by atoms with van der Waals surface area (Å²) in [6, 6.07) is 11.9. The van der Waals surface area contributed by atoms with Gasteiger partial charge in [0.05, 0.1) is 6.10 Å². The van der Waals surface area contributed by atoms with Crippen LogP contribution < -0.4 is 10.6 Å². The summed E-state index contributed by atoms with van der Waals surface area (Å²) in [6.45, 7) is 6.08. The predicted molar refractivity (Wildman–Crippen MR) is 131 cm³/mol. The van der Waals surface area contributed by atoms with Gasteiger partial charge in [-0.1, -0.05) is 30.9 Å². The van der Waals surface area contributed by atoms with Crippen LogP contribution in [-0.2, 0) is 4.74 Å². The van der Waals surface area contributed by atoms with Crippen LogP contribution in [0.4, 0.5) is 5.69 Å². The topological polar surface area (TPSA) is 49.7 Å². The van der Waals surface area contributed by atoms with E-state index in [1.165, 1.54) is 54.5 Å². The van der Waals surface area contributed by atoms with Crippen LogP contribution in [0.25, 0.3) is 11.6 Å². The van der Waals surface area contributed by atoms with E-state index in [0.29, 0.717) is 12.1 Å². The zero-order chi connectivity index (χ0) is 22.1. The maximum Gasteiger partial charge on any atom is 0.133 e. The SMILES string of the molecule is CO[C@H]1CN(C2Nc3ccc(C)cc3C=C2c2ccc(C)o2)CC[C@H]1NC1CCCCC1. The van der Waals surface area contributed by atoms with Crippen molar-refractivity contribution >= 4 is 17.3 Å². The molecule has 2 aromatic rings. The van der Waals surface area contributed by atoms with Gasteiger partial charge in [-0.15, -0.1) is 0 Å². The fourth-order valence-corrected chi connectivity index (χ4v) is 5.66. The summed E-state index contributed by atoms with van der Waals surface area (Å²) in [4.78, 5) is 2.53. The summed E-state index contributed by atoms with van der Waals surface area (Å²) in [5, 5.41) is 7.76. The van der Waals surface area contributed by atoms with Crippen molar-refractivity contribution in [1.29, 1.82) is 0 Å². The van der Waals surface area contributed by atoms with Crippen molar-refractivity contribution < 1.29 is 9.15 Å². The molecule has 2 fully saturated rings. The number of anilines is 1. The van der Waals surface area contributed by atoms with Crippen molar-refractivity contribution in [2.24, 2.45) is 0 Å². The molecule has 0 amide bonds. The second-order valence-electron chi connectivity index (χ2n) is 9.81. The van der Waals surface area contributed by atoms with Crippen LogP contribution in [0, 0.1) is 13.8 Å². The molecule has 1 aromatic carbocycles. The quantitative estimate of drug-likeness (QED) is 0.676. The van der Waals surface area contributed by atoms with E-state index in [1.807, 2.05) is 14.0 Å². The Hall–Kier alpha value is -2.08. The lowest BCUT2D eigenvalue weighted by Crippen LogP contribution is -2.59. The normalized spacial score (nSPS) is 27.0. The number of rotatable bonds is 5. The van der Waals surface area contributed by atoms with Crippen molar-refractivity contribution in [3.63, 3.8) is 0 Å². The van der Waals surface area contributed by atoms with Crippen molar-refractivity contribution in [1.82, 2.24) is 10.2 Å². The molecule has 5 heteroatoms. The molecule has 0 bridgehead atoms. The largest absolute Gasteiger partial charge is 0.462 e. The Morgan fingerprint density at radius 1 is 1.06 bits per heavy atom. The van der Waals surface area contributed by atoms with Gasteiger partial charge >= 0.3 is 0 Å². The van der Waals surface area contributed by atoms with Crippen molar-refractivity contribution in [3.05, 3.63) is 53.0 Å². The molecule has 3 aliphatic rings. The van der Waals surface area contributed by atoms with Gasteiger partial charge in [-0.05, 0) is 69.0 Å². The van der Waals surface area contributed by atoms with Crippen LogP contribution in [0.15, 0.2) is 34.7 Å². The Balaban J connectivity index is 1.37. The number of methoxy groups -OCH3 is 1. The van der Waals surface area contributed by atoms with Gasteiger partial charge < -0.3 is 19.8 Å². The number of nitrogens with zero attached hydrogens (tertiary/aromatic N) is 1. The van der Waals surface area contributed by atoms with E-state index in [0.717, 1.165) is 31.0 Å². The highest BCUT2D eigenvalue weighted by Gasteiger charge is 2.37. The third kappa shape index (κ3) is 4.52. The number of fused-ring (bicyclic) bond motifs is 1. The lowest BCUT2D eigenvalue weighted by atomic mass is 9.91. The zero-order valence-electron chi connectivity index (χ0n) is 19.7. The highest BCUT2D eigenvalue weighted by Crippen LogP contribution is 2.36. The maximum atomic E-state index is 6.09. The molecule has 3 atom stereocenters. The van der Waals surface area contributed by atoms with Gasteiger partial charge in [-0.25, -0.2) is 0 Å². The highest BCUT2D eigenvalue weighted by atomic mass is 16.5. The van der Waals surface area contributed by atoms with Gasteiger partial charge in [0.1, 0.15) is 17.7 Å². The standard InChI is InChI=1S/C27H37N3O2/c1-18-9-11-23-20(15-18)16-22(25-12-10-19(2)32-25)27(29-23)30-14-13-24(26(17-30)31-3)28-21-7-5-4-6-8-21/h9-12,15-16,21,24,26-29H,4-8,13-14,17H2,1-3H3/t24-,26+,27?/m1/s1. The number of nitrogens with one attached hydrogen (secondary N) is 2. The molecule has 1 saturated heterocycles. The fraction of sp³-hybridized carbons (Fsp3) is 0.556. The molecular formula is C27H37N3O2. The molecule has 2 aliphatic heterocycles. The van der Waals surface area contributed by atoms with E-state index in [9.17, 15) is 0 Å². The monoisotopic (exact) mass is 435 g/mol. The van der Waals surface area contributed by atoms with E-state index >= 15 is 0 Å².